The van der Waals surface area contributed by atoms with E-state index in [1.54, 1.807) is 13.0 Å². The van der Waals surface area contributed by atoms with Crippen LogP contribution >= 0.6 is 0 Å². The van der Waals surface area contributed by atoms with E-state index in [0.29, 0.717) is 28.6 Å². The van der Waals surface area contributed by atoms with E-state index in [1.807, 2.05) is 0 Å². The van der Waals surface area contributed by atoms with Gasteiger partial charge in [-0.15, -0.1) is 0 Å². The molecule has 1 aliphatic heterocycles. The normalized spacial score (nSPS) is 31.8. The number of hydrogen-bond donors (Lipinski definition) is 1. The number of hydrogen-bond acceptors (Lipinski definition) is 5. The molecule has 2 N–H and O–H groups in total. The Labute approximate surface area is 127 Å². The number of aryl methyl sites for hydroxylation is 1. The van der Waals surface area contributed by atoms with E-state index < -0.39 is 5.63 Å². The fourth-order valence-electron chi connectivity index (χ4n) is 4.24. The average Bonchev–Trinajstić information content (AvgIpc) is 3.07. The van der Waals surface area contributed by atoms with Crippen molar-refractivity contribution >= 4 is 0 Å². The lowest BCUT2D eigenvalue weighted by molar-refractivity contribution is 0.292. The van der Waals surface area contributed by atoms with Crippen LogP contribution < -0.4 is 16.1 Å². The molecule has 3 atom stereocenters. The van der Waals surface area contributed by atoms with Crippen molar-refractivity contribution in [1.82, 2.24) is 0 Å². The zero-order chi connectivity index (χ0) is 15.5. The van der Waals surface area contributed by atoms with E-state index in [1.165, 1.54) is 0 Å². The number of nitrogens with two attached hydrogens (primary N) is 1. The van der Waals surface area contributed by atoms with Crippen molar-refractivity contribution in [3.63, 3.8) is 0 Å². The van der Waals surface area contributed by atoms with Gasteiger partial charge in [0.1, 0.15) is 17.6 Å². The molecule has 112 valence electrons. The molecule has 1 fully saturated rings. The molecule has 0 amide bonds. The molecule has 5 heteroatoms. The minimum atomic E-state index is -0.432. The predicted molar refractivity (Wildman–Crippen MR) is 78.8 cm³/mol. The van der Waals surface area contributed by atoms with Gasteiger partial charge in [0, 0.05) is 17.4 Å². The number of nitriles is 1. The van der Waals surface area contributed by atoms with Crippen LogP contribution in [0.2, 0.25) is 0 Å². The van der Waals surface area contributed by atoms with Crippen molar-refractivity contribution in [2.75, 3.05) is 0 Å². The van der Waals surface area contributed by atoms with Gasteiger partial charge in [-0.1, -0.05) is 12.2 Å². The van der Waals surface area contributed by atoms with Gasteiger partial charge in [-0.05, 0) is 32.1 Å². The summed E-state index contributed by atoms with van der Waals surface area (Å²) in [7, 11) is 0. The third kappa shape index (κ3) is 1.61. The van der Waals surface area contributed by atoms with Gasteiger partial charge in [0.2, 0.25) is 5.88 Å². The van der Waals surface area contributed by atoms with Crippen molar-refractivity contribution < 1.29 is 9.15 Å². The van der Waals surface area contributed by atoms with Crippen molar-refractivity contribution in [2.45, 2.75) is 32.1 Å². The minimum absolute atomic E-state index is 0.100. The molecular weight excluding hydrogens is 280 g/mol. The lowest BCUT2D eigenvalue weighted by atomic mass is 9.68. The number of fused-ring (bicyclic) bond motifs is 3. The molecule has 0 unspecified atom stereocenters. The molecule has 2 aliphatic carbocycles. The summed E-state index contributed by atoms with van der Waals surface area (Å²) in [6.07, 6.45) is 7.33. The van der Waals surface area contributed by atoms with Crippen LogP contribution in [0.25, 0.3) is 0 Å². The van der Waals surface area contributed by atoms with Gasteiger partial charge >= 0.3 is 5.63 Å². The highest BCUT2D eigenvalue weighted by atomic mass is 16.5. The first kappa shape index (κ1) is 13.2. The molecule has 1 aromatic rings. The summed E-state index contributed by atoms with van der Waals surface area (Å²) in [6, 6.07) is 3.83. The molecule has 1 saturated carbocycles. The Morgan fingerprint density at radius 3 is 2.91 bits per heavy atom. The second-order valence-electron chi connectivity index (χ2n) is 6.44. The summed E-state index contributed by atoms with van der Waals surface area (Å²) in [6.45, 7) is 1.69. The van der Waals surface area contributed by atoms with E-state index >= 15 is 0 Å². The van der Waals surface area contributed by atoms with Gasteiger partial charge < -0.3 is 14.9 Å². The Morgan fingerprint density at radius 2 is 2.32 bits per heavy atom. The maximum absolute atomic E-state index is 12.4. The monoisotopic (exact) mass is 296 g/mol. The van der Waals surface area contributed by atoms with Crippen LogP contribution in [-0.2, 0) is 0 Å². The maximum Gasteiger partial charge on any atom is 0.343 e. The number of rotatable bonds is 1. The standard InChI is InChI=1S/C17H16N2O3/c1-9-6-12-13(16(20)21-9)14(11(8-18)15(19)22-12)17-4-2-10(7-17)3-5-17/h2,4,6,10,14H,3,5,7,19H2,1H3/t10-,14-,17-/m1/s1. The molecule has 0 saturated heterocycles. The van der Waals surface area contributed by atoms with Crippen LogP contribution in [0.3, 0.4) is 0 Å². The van der Waals surface area contributed by atoms with Gasteiger partial charge in [-0.25, -0.2) is 4.79 Å². The first-order valence-electron chi connectivity index (χ1n) is 7.46. The van der Waals surface area contributed by atoms with Crippen molar-refractivity contribution in [1.29, 1.82) is 5.26 Å². The summed E-state index contributed by atoms with van der Waals surface area (Å²) in [5, 5.41) is 9.56. The van der Waals surface area contributed by atoms with E-state index in [0.717, 1.165) is 19.3 Å². The third-order valence-electron chi connectivity index (χ3n) is 5.15. The Bertz CT molecular complexity index is 827. The number of allylic oxidation sites excluding steroid dienone is 3. The summed E-state index contributed by atoms with van der Waals surface area (Å²) in [4.78, 5) is 12.4. The number of ether oxygens (including phenoxy) is 1. The highest BCUT2D eigenvalue weighted by Gasteiger charge is 2.52. The summed E-state index contributed by atoms with van der Waals surface area (Å²) < 4.78 is 10.8. The Kier molecular flexibility index (Phi) is 2.56. The molecule has 0 radical (unpaired) electrons. The largest absolute Gasteiger partial charge is 0.440 e. The van der Waals surface area contributed by atoms with Crippen molar-refractivity contribution in [3.05, 3.63) is 51.4 Å². The van der Waals surface area contributed by atoms with Crippen molar-refractivity contribution in [2.24, 2.45) is 17.1 Å². The minimum Gasteiger partial charge on any atom is -0.440 e. The van der Waals surface area contributed by atoms with Crippen LogP contribution in [0, 0.1) is 29.6 Å². The average molecular weight is 296 g/mol. The second kappa shape index (κ2) is 4.26. The van der Waals surface area contributed by atoms with Crippen LogP contribution in [0.4, 0.5) is 0 Å². The molecule has 0 spiro atoms. The van der Waals surface area contributed by atoms with Crippen LogP contribution in [-0.4, -0.2) is 0 Å². The Balaban J connectivity index is 1.98. The first-order chi connectivity index (χ1) is 10.5. The molecule has 3 aliphatic rings. The summed E-state index contributed by atoms with van der Waals surface area (Å²) in [5.74, 6) is 1.16. The van der Waals surface area contributed by atoms with E-state index in [4.69, 9.17) is 14.9 Å². The quantitative estimate of drug-likeness (QED) is 0.804. The SMILES string of the molecule is Cc1cc2c(c(=O)o1)[C@H]([C@]13C=C[C@H](CC1)C3)C(C#N)=C(N)O2. The molecule has 1 aromatic heterocycles. The van der Waals surface area contributed by atoms with Crippen LogP contribution in [0.1, 0.15) is 36.5 Å². The van der Waals surface area contributed by atoms with Gasteiger partial charge in [0.05, 0.1) is 11.1 Å². The summed E-state index contributed by atoms with van der Waals surface area (Å²) in [5.41, 5.74) is 6.09. The lowest BCUT2D eigenvalue weighted by Gasteiger charge is -2.36. The number of nitrogens with zero attached hydrogens (tertiary/aromatic N) is 1. The highest BCUT2D eigenvalue weighted by molar-refractivity contribution is 5.52. The Morgan fingerprint density at radius 1 is 1.50 bits per heavy atom. The van der Waals surface area contributed by atoms with E-state index in [9.17, 15) is 10.1 Å². The fraction of sp³-hybridized carbons (Fsp3) is 0.412. The molecule has 22 heavy (non-hydrogen) atoms. The molecule has 2 heterocycles. The van der Waals surface area contributed by atoms with Gasteiger partial charge in [-0.2, -0.15) is 5.26 Å². The molecule has 0 aromatic carbocycles. The van der Waals surface area contributed by atoms with E-state index in [2.05, 4.69) is 18.2 Å². The zero-order valence-corrected chi connectivity index (χ0v) is 12.3. The van der Waals surface area contributed by atoms with Gasteiger partial charge in [-0.3, -0.25) is 0 Å². The highest BCUT2D eigenvalue weighted by Crippen LogP contribution is 2.60. The lowest BCUT2D eigenvalue weighted by Crippen LogP contribution is -2.34. The third-order valence-corrected chi connectivity index (χ3v) is 5.15. The van der Waals surface area contributed by atoms with Gasteiger partial charge in [0.25, 0.3) is 0 Å². The maximum atomic E-state index is 12.4. The predicted octanol–water partition coefficient (Wildman–Crippen LogP) is 2.47. The van der Waals surface area contributed by atoms with Crippen LogP contribution in [0.5, 0.6) is 5.75 Å². The second-order valence-corrected chi connectivity index (χ2v) is 6.44. The van der Waals surface area contributed by atoms with Crippen LogP contribution in [0.15, 0.2) is 38.9 Å². The topological polar surface area (TPSA) is 89.2 Å². The van der Waals surface area contributed by atoms with E-state index in [-0.39, 0.29) is 17.2 Å². The first-order valence-corrected chi connectivity index (χ1v) is 7.46. The molecule has 4 rings (SSSR count). The molecule has 2 bridgehead atoms. The van der Waals surface area contributed by atoms with Crippen molar-refractivity contribution in [3.8, 4) is 11.8 Å². The smallest absolute Gasteiger partial charge is 0.343 e. The summed E-state index contributed by atoms with van der Waals surface area (Å²) >= 11 is 0. The molecule has 5 nitrogen and oxygen atoms in total. The fourth-order valence-corrected chi connectivity index (χ4v) is 4.24. The zero-order valence-electron chi connectivity index (χ0n) is 12.3. The van der Waals surface area contributed by atoms with Gasteiger partial charge in [0.15, 0.2) is 0 Å². The molecular formula is C17H16N2O3. The Hall–Kier alpha value is -2.48.